The number of likely N-dealkylation sites (tertiary alicyclic amines) is 1. The molecule has 0 aromatic carbocycles. The lowest BCUT2D eigenvalue weighted by Crippen LogP contribution is -2.30. The molecule has 0 bridgehead atoms. The van der Waals surface area contributed by atoms with Crippen molar-refractivity contribution in [2.24, 2.45) is 5.92 Å². The van der Waals surface area contributed by atoms with Crippen molar-refractivity contribution in [3.63, 3.8) is 0 Å². The summed E-state index contributed by atoms with van der Waals surface area (Å²) in [6.07, 6.45) is 2.52. The van der Waals surface area contributed by atoms with Crippen molar-refractivity contribution in [2.75, 3.05) is 26.7 Å². The Morgan fingerprint density at radius 3 is 3.00 bits per heavy atom. The number of aryl methyl sites for hydroxylation is 1. The van der Waals surface area contributed by atoms with Crippen LogP contribution in [0.3, 0.4) is 0 Å². The summed E-state index contributed by atoms with van der Waals surface area (Å²) in [6.45, 7) is 7.87. The molecule has 2 heterocycles. The van der Waals surface area contributed by atoms with Gasteiger partial charge in [0.1, 0.15) is 0 Å². The molecule has 2 atom stereocenters. The standard InChI is InChI=1S/C13H23N3S/c1-4-6-16-7-5-11(8-14-3)13(16)12-9-17-10(2)15-12/h9,11,13-14H,4-8H2,1-3H3. The molecule has 2 unspecified atom stereocenters. The minimum absolute atomic E-state index is 0.535. The molecule has 1 aliphatic heterocycles. The van der Waals surface area contributed by atoms with Crippen LogP contribution in [0.2, 0.25) is 0 Å². The molecule has 0 radical (unpaired) electrons. The van der Waals surface area contributed by atoms with Gasteiger partial charge in [-0.15, -0.1) is 11.3 Å². The van der Waals surface area contributed by atoms with E-state index in [-0.39, 0.29) is 0 Å². The topological polar surface area (TPSA) is 28.2 Å². The number of hydrogen-bond acceptors (Lipinski definition) is 4. The van der Waals surface area contributed by atoms with E-state index in [1.807, 2.05) is 7.05 Å². The third-order valence-corrected chi connectivity index (χ3v) is 4.34. The molecule has 1 N–H and O–H groups in total. The SMILES string of the molecule is CCCN1CCC(CNC)C1c1csc(C)n1. The minimum Gasteiger partial charge on any atom is -0.319 e. The Balaban J connectivity index is 2.16. The molecule has 0 amide bonds. The van der Waals surface area contributed by atoms with Gasteiger partial charge in [-0.2, -0.15) is 0 Å². The molecule has 1 saturated heterocycles. The largest absolute Gasteiger partial charge is 0.319 e. The number of thiazole rings is 1. The average molecular weight is 253 g/mol. The highest BCUT2D eigenvalue weighted by Gasteiger charge is 2.35. The summed E-state index contributed by atoms with van der Waals surface area (Å²) in [6, 6.07) is 0.535. The Morgan fingerprint density at radius 2 is 2.41 bits per heavy atom. The molecule has 1 aromatic heterocycles. The van der Waals surface area contributed by atoms with Crippen LogP contribution in [0, 0.1) is 12.8 Å². The van der Waals surface area contributed by atoms with Crippen molar-refractivity contribution < 1.29 is 0 Å². The molecular formula is C13H23N3S. The van der Waals surface area contributed by atoms with Gasteiger partial charge >= 0.3 is 0 Å². The fourth-order valence-corrected chi connectivity index (χ4v) is 3.53. The van der Waals surface area contributed by atoms with Gasteiger partial charge in [-0.25, -0.2) is 4.98 Å². The molecule has 96 valence electrons. The number of nitrogens with one attached hydrogen (secondary N) is 1. The summed E-state index contributed by atoms with van der Waals surface area (Å²) in [5.41, 5.74) is 1.29. The van der Waals surface area contributed by atoms with Crippen molar-refractivity contribution in [2.45, 2.75) is 32.7 Å². The molecule has 1 aliphatic rings. The minimum atomic E-state index is 0.535. The normalized spacial score (nSPS) is 25.6. The molecular weight excluding hydrogens is 230 g/mol. The maximum absolute atomic E-state index is 4.71. The first-order valence-corrected chi connectivity index (χ1v) is 7.45. The molecule has 0 aliphatic carbocycles. The van der Waals surface area contributed by atoms with Crippen LogP contribution in [0.25, 0.3) is 0 Å². The fraction of sp³-hybridized carbons (Fsp3) is 0.769. The van der Waals surface area contributed by atoms with Crippen molar-refractivity contribution in [3.8, 4) is 0 Å². The van der Waals surface area contributed by atoms with E-state index in [1.54, 1.807) is 11.3 Å². The molecule has 0 saturated carbocycles. The number of rotatable bonds is 5. The van der Waals surface area contributed by atoms with E-state index in [1.165, 1.54) is 36.6 Å². The molecule has 4 heteroatoms. The third kappa shape index (κ3) is 2.87. The van der Waals surface area contributed by atoms with Gasteiger partial charge in [-0.05, 0) is 52.4 Å². The number of hydrogen-bond donors (Lipinski definition) is 1. The summed E-state index contributed by atoms with van der Waals surface area (Å²) in [4.78, 5) is 7.31. The van der Waals surface area contributed by atoms with Crippen LogP contribution in [0.15, 0.2) is 5.38 Å². The van der Waals surface area contributed by atoms with Crippen molar-refractivity contribution >= 4 is 11.3 Å². The summed E-state index contributed by atoms with van der Waals surface area (Å²) in [5.74, 6) is 0.716. The quantitative estimate of drug-likeness (QED) is 0.873. The van der Waals surface area contributed by atoms with E-state index in [0.29, 0.717) is 12.0 Å². The second-order valence-corrected chi connectivity index (χ2v) is 5.94. The lowest BCUT2D eigenvalue weighted by molar-refractivity contribution is 0.223. The van der Waals surface area contributed by atoms with Gasteiger partial charge in [-0.1, -0.05) is 6.92 Å². The van der Waals surface area contributed by atoms with Crippen LogP contribution >= 0.6 is 11.3 Å². The van der Waals surface area contributed by atoms with E-state index < -0.39 is 0 Å². The van der Waals surface area contributed by atoms with Gasteiger partial charge in [0.25, 0.3) is 0 Å². The summed E-state index contributed by atoms with van der Waals surface area (Å²) >= 11 is 1.77. The van der Waals surface area contributed by atoms with E-state index in [0.717, 1.165) is 6.54 Å². The number of aromatic nitrogens is 1. The molecule has 1 fully saturated rings. The van der Waals surface area contributed by atoms with Crippen LogP contribution < -0.4 is 5.32 Å². The highest BCUT2D eigenvalue weighted by molar-refractivity contribution is 7.09. The Kier molecular flexibility index (Phi) is 4.54. The average Bonchev–Trinajstić information content (AvgIpc) is 2.87. The van der Waals surface area contributed by atoms with Gasteiger partial charge in [-0.3, -0.25) is 4.90 Å². The molecule has 2 rings (SSSR count). The van der Waals surface area contributed by atoms with Crippen LogP contribution in [-0.2, 0) is 0 Å². The van der Waals surface area contributed by atoms with E-state index in [2.05, 4.69) is 29.4 Å². The summed E-state index contributed by atoms with van der Waals surface area (Å²) in [5, 5.41) is 6.76. The van der Waals surface area contributed by atoms with E-state index >= 15 is 0 Å². The molecule has 3 nitrogen and oxygen atoms in total. The zero-order valence-electron chi connectivity index (χ0n) is 11.1. The summed E-state index contributed by atoms with van der Waals surface area (Å²) in [7, 11) is 2.05. The van der Waals surface area contributed by atoms with Gasteiger partial charge in [0.2, 0.25) is 0 Å². The first-order valence-electron chi connectivity index (χ1n) is 6.57. The summed E-state index contributed by atoms with van der Waals surface area (Å²) < 4.78 is 0. The van der Waals surface area contributed by atoms with Crippen LogP contribution in [0.1, 0.15) is 36.5 Å². The third-order valence-electron chi connectivity index (χ3n) is 3.54. The second kappa shape index (κ2) is 5.94. The lowest BCUT2D eigenvalue weighted by atomic mass is 9.98. The van der Waals surface area contributed by atoms with Gasteiger partial charge in [0, 0.05) is 5.38 Å². The Morgan fingerprint density at radius 1 is 1.59 bits per heavy atom. The monoisotopic (exact) mass is 253 g/mol. The highest BCUT2D eigenvalue weighted by atomic mass is 32.1. The maximum Gasteiger partial charge on any atom is 0.0898 e. The molecule has 0 spiro atoms. The maximum atomic E-state index is 4.71. The second-order valence-electron chi connectivity index (χ2n) is 4.88. The zero-order valence-corrected chi connectivity index (χ0v) is 11.9. The van der Waals surface area contributed by atoms with Crippen molar-refractivity contribution in [3.05, 3.63) is 16.1 Å². The zero-order chi connectivity index (χ0) is 12.3. The Labute approximate surface area is 108 Å². The first-order chi connectivity index (χ1) is 8.26. The Hall–Kier alpha value is -0.450. The van der Waals surface area contributed by atoms with E-state index in [4.69, 9.17) is 4.98 Å². The fourth-order valence-electron chi connectivity index (χ4n) is 2.89. The molecule has 1 aromatic rings. The molecule has 17 heavy (non-hydrogen) atoms. The predicted molar refractivity (Wildman–Crippen MR) is 73.5 cm³/mol. The number of nitrogens with zero attached hydrogens (tertiary/aromatic N) is 2. The van der Waals surface area contributed by atoms with Crippen molar-refractivity contribution in [1.82, 2.24) is 15.2 Å². The highest BCUT2D eigenvalue weighted by Crippen LogP contribution is 2.37. The lowest BCUT2D eigenvalue weighted by Gasteiger charge is -2.26. The smallest absolute Gasteiger partial charge is 0.0898 e. The van der Waals surface area contributed by atoms with Gasteiger partial charge < -0.3 is 5.32 Å². The van der Waals surface area contributed by atoms with Gasteiger partial charge in [0.15, 0.2) is 0 Å². The van der Waals surface area contributed by atoms with E-state index in [9.17, 15) is 0 Å². The predicted octanol–water partition coefficient (Wildman–Crippen LogP) is 2.44. The first kappa shape index (κ1) is 13.0. The van der Waals surface area contributed by atoms with Crippen LogP contribution in [0.5, 0.6) is 0 Å². The van der Waals surface area contributed by atoms with Crippen molar-refractivity contribution in [1.29, 1.82) is 0 Å². The van der Waals surface area contributed by atoms with Gasteiger partial charge in [0.05, 0.1) is 16.7 Å². The Bertz CT molecular complexity index is 336. The van der Waals surface area contributed by atoms with Crippen LogP contribution in [0.4, 0.5) is 0 Å². The van der Waals surface area contributed by atoms with Crippen LogP contribution in [-0.4, -0.2) is 36.6 Å².